The van der Waals surface area contributed by atoms with Gasteiger partial charge in [0.2, 0.25) is 0 Å². The standard InChI is InChI=1S/C17H19NO2/c1-3-12-5-4-6-13(7-12)17(19)14-8-15-10-20-11-16(9-14)18(15)2/h1,4-7,14-16H,8-11H2,2H3. The van der Waals surface area contributed by atoms with Crippen molar-refractivity contribution in [3.8, 4) is 12.3 Å². The van der Waals surface area contributed by atoms with E-state index in [1.807, 2.05) is 24.3 Å². The topological polar surface area (TPSA) is 29.5 Å². The lowest BCUT2D eigenvalue weighted by molar-refractivity contribution is -0.0702. The van der Waals surface area contributed by atoms with Gasteiger partial charge in [-0.05, 0) is 32.0 Å². The second-order valence-corrected chi connectivity index (χ2v) is 5.77. The maximum absolute atomic E-state index is 12.7. The van der Waals surface area contributed by atoms with E-state index in [-0.39, 0.29) is 11.7 Å². The predicted octanol–water partition coefficient (Wildman–Crippen LogP) is 1.96. The van der Waals surface area contributed by atoms with Crippen LogP contribution in [0.4, 0.5) is 0 Å². The summed E-state index contributed by atoms with van der Waals surface area (Å²) in [5.74, 6) is 2.92. The zero-order valence-corrected chi connectivity index (χ0v) is 11.7. The molecule has 0 spiro atoms. The number of ether oxygens (including phenoxy) is 1. The Kier molecular flexibility index (Phi) is 3.60. The van der Waals surface area contributed by atoms with Crippen molar-refractivity contribution < 1.29 is 9.53 Å². The Labute approximate surface area is 119 Å². The highest BCUT2D eigenvalue weighted by Gasteiger charge is 2.39. The fourth-order valence-electron chi connectivity index (χ4n) is 3.31. The third-order valence-electron chi connectivity index (χ3n) is 4.57. The molecule has 3 rings (SSSR count). The molecule has 2 aliphatic rings. The summed E-state index contributed by atoms with van der Waals surface area (Å²) in [6, 6.07) is 8.15. The van der Waals surface area contributed by atoms with E-state index in [9.17, 15) is 4.79 Å². The van der Waals surface area contributed by atoms with Crippen LogP contribution in [0.1, 0.15) is 28.8 Å². The van der Waals surface area contributed by atoms with Crippen LogP contribution >= 0.6 is 0 Å². The number of benzene rings is 1. The summed E-state index contributed by atoms with van der Waals surface area (Å²) in [5.41, 5.74) is 1.52. The van der Waals surface area contributed by atoms with Gasteiger partial charge in [0.05, 0.1) is 13.2 Å². The van der Waals surface area contributed by atoms with Gasteiger partial charge in [-0.25, -0.2) is 0 Å². The van der Waals surface area contributed by atoms with E-state index in [2.05, 4.69) is 17.9 Å². The van der Waals surface area contributed by atoms with Crippen LogP contribution in [-0.2, 0) is 4.74 Å². The van der Waals surface area contributed by atoms with Crippen LogP contribution in [0.5, 0.6) is 0 Å². The summed E-state index contributed by atoms with van der Waals surface area (Å²) in [6.07, 6.45) is 7.17. The quantitative estimate of drug-likeness (QED) is 0.607. The van der Waals surface area contributed by atoms with E-state index in [1.165, 1.54) is 0 Å². The second kappa shape index (κ2) is 5.40. The van der Waals surface area contributed by atoms with Crippen molar-refractivity contribution in [2.75, 3.05) is 20.3 Å². The molecule has 104 valence electrons. The van der Waals surface area contributed by atoms with Crippen LogP contribution in [-0.4, -0.2) is 43.0 Å². The minimum atomic E-state index is 0.0955. The van der Waals surface area contributed by atoms with Crippen LogP contribution in [0.3, 0.4) is 0 Å². The molecule has 0 aliphatic carbocycles. The maximum Gasteiger partial charge on any atom is 0.166 e. The minimum absolute atomic E-state index is 0.0955. The van der Waals surface area contributed by atoms with E-state index >= 15 is 0 Å². The SMILES string of the molecule is C#Cc1cccc(C(=O)C2CC3COCC(C2)N3C)c1. The number of Topliss-reactive ketones (excluding diaryl/α,β-unsaturated/α-hetero) is 1. The van der Waals surface area contributed by atoms with Gasteiger partial charge in [-0.15, -0.1) is 6.42 Å². The Morgan fingerprint density at radius 3 is 2.70 bits per heavy atom. The molecule has 0 aromatic heterocycles. The lowest BCUT2D eigenvalue weighted by atomic mass is 9.81. The van der Waals surface area contributed by atoms with Gasteiger partial charge in [0.15, 0.2) is 5.78 Å². The largest absolute Gasteiger partial charge is 0.378 e. The van der Waals surface area contributed by atoms with Gasteiger partial charge in [0, 0.05) is 29.1 Å². The summed E-state index contributed by atoms with van der Waals surface area (Å²) in [7, 11) is 2.14. The maximum atomic E-state index is 12.7. The van der Waals surface area contributed by atoms with E-state index in [4.69, 9.17) is 11.2 Å². The molecule has 2 fully saturated rings. The van der Waals surface area contributed by atoms with E-state index in [0.29, 0.717) is 12.1 Å². The molecule has 1 aromatic carbocycles. The number of ketones is 1. The Bertz CT molecular complexity index is 546. The normalized spacial score (nSPS) is 29.7. The zero-order chi connectivity index (χ0) is 14.1. The van der Waals surface area contributed by atoms with Crippen molar-refractivity contribution in [2.45, 2.75) is 24.9 Å². The summed E-state index contributed by atoms with van der Waals surface area (Å²) < 4.78 is 5.60. The third kappa shape index (κ3) is 2.37. The first-order valence-corrected chi connectivity index (χ1v) is 7.09. The summed E-state index contributed by atoms with van der Waals surface area (Å²) >= 11 is 0. The number of fused-ring (bicyclic) bond motifs is 2. The van der Waals surface area contributed by atoms with Gasteiger partial charge in [0.1, 0.15) is 0 Å². The average molecular weight is 269 g/mol. The van der Waals surface area contributed by atoms with Crippen molar-refractivity contribution in [3.05, 3.63) is 35.4 Å². The molecule has 0 amide bonds. The Hall–Kier alpha value is -1.63. The molecule has 1 aromatic rings. The van der Waals surface area contributed by atoms with Crippen molar-refractivity contribution >= 4 is 5.78 Å². The number of rotatable bonds is 2. The van der Waals surface area contributed by atoms with E-state index in [0.717, 1.165) is 37.2 Å². The molecule has 2 atom stereocenters. The number of nitrogens with zero attached hydrogens (tertiary/aromatic N) is 1. The monoisotopic (exact) mass is 269 g/mol. The number of morpholine rings is 1. The average Bonchev–Trinajstić information content (AvgIpc) is 2.46. The highest BCUT2D eigenvalue weighted by atomic mass is 16.5. The molecular formula is C17H19NO2. The first kappa shape index (κ1) is 13.4. The van der Waals surface area contributed by atoms with Crippen molar-refractivity contribution in [2.24, 2.45) is 5.92 Å². The molecular weight excluding hydrogens is 250 g/mol. The predicted molar refractivity (Wildman–Crippen MR) is 77.6 cm³/mol. The van der Waals surface area contributed by atoms with Gasteiger partial charge in [-0.3, -0.25) is 9.69 Å². The molecule has 0 N–H and O–H groups in total. The van der Waals surface area contributed by atoms with Crippen LogP contribution in [0.25, 0.3) is 0 Å². The van der Waals surface area contributed by atoms with Crippen LogP contribution in [0, 0.1) is 18.3 Å². The van der Waals surface area contributed by atoms with Crippen LogP contribution < -0.4 is 0 Å². The fourth-order valence-corrected chi connectivity index (χ4v) is 3.31. The summed E-state index contributed by atoms with van der Waals surface area (Å²) in [6.45, 7) is 1.47. The summed E-state index contributed by atoms with van der Waals surface area (Å²) in [5, 5.41) is 0. The minimum Gasteiger partial charge on any atom is -0.378 e. The van der Waals surface area contributed by atoms with Crippen molar-refractivity contribution in [1.82, 2.24) is 4.90 Å². The Morgan fingerprint density at radius 1 is 1.35 bits per heavy atom. The Morgan fingerprint density at radius 2 is 2.05 bits per heavy atom. The van der Waals surface area contributed by atoms with Gasteiger partial charge in [-0.2, -0.15) is 0 Å². The van der Waals surface area contributed by atoms with Crippen LogP contribution in [0.15, 0.2) is 24.3 Å². The van der Waals surface area contributed by atoms with E-state index in [1.54, 1.807) is 0 Å². The lowest BCUT2D eigenvalue weighted by Gasteiger charge is -2.46. The van der Waals surface area contributed by atoms with Gasteiger partial charge >= 0.3 is 0 Å². The van der Waals surface area contributed by atoms with Gasteiger partial charge < -0.3 is 4.74 Å². The summed E-state index contributed by atoms with van der Waals surface area (Å²) in [4.78, 5) is 15.0. The Balaban J connectivity index is 1.79. The van der Waals surface area contributed by atoms with Gasteiger partial charge in [-0.1, -0.05) is 18.1 Å². The number of terminal acetylenes is 1. The number of carbonyl (C=O) groups excluding carboxylic acids is 1. The van der Waals surface area contributed by atoms with Crippen molar-refractivity contribution in [1.29, 1.82) is 0 Å². The molecule has 3 nitrogen and oxygen atoms in total. The zero-order valence-electron chi connectivity index (χ0n) is 11.7. The fraction of sp³-hybridized carbons (Fsp3) is 0.471. The third-order valence-corrected chi connectivity index (χ3v) is 4.57. The number of carbonyl (C=O) groups is 1. The number of hydrogen-bond acceptors (Lipinski definition) is 3. The molecule has 20 heavy (non-hydrogen) atoms. The number of likely N-dealkylation sites (N-methyl/N-ethyl adjacent to an activating group) is 1. The van der Waals surface area contributed by atoms with E-state index < -0.39 is 0 Å². The molecule has 2 aliphatic heterocycles. The molecule has 0 radical (unpaired) electrons. The van der Waals surface area contributed by atoms with Crippen molar-refractivity contribution in [3.63, 3.8) is 0 Å². The number of piperidine rings is 1. The lowest BCUT2D eigenvalue weighted by Crippen LogP contribution is -2.55. The molecule has 3 heteroatoms. The molecule has 2 saturated heterocycles. The molecule has 0 saturated carbocycles. The van der Waals surface area contributed by atoms with Crippen LogP contribution in [0.2, 0.25) is 0 Å². The first-order chi connectivity index (χ1) is 9.69. The highest BCUT2D eigenvalue weighted by molar-refractivity contribution is 5.98. The van der Waals surface area contributed by atoms with Gasteiger partial charge in [0.25, 0.3) is 0 Å². The molecule has 2 heterocycles. The second-order valence-electron chi connectivity index (χ2n) is 5.77. The number of hydrogen-bond donors (Lipinski definition) is 0. The molecule has 2 bridgehead atoms. The molecule has 2 unspecified atom stereocenters. The highest BCUT2D eigenvalue weighted by Crippen LogP contribution is 2.32. The smallest absolute Gasteiger partial charge is 0.166 e. The first-order valence-electron chi connectivity index (χ1n) is 7.09.